The van der Waals surface area contributed by atoms with Crippen molar-refractivity contribution < 1.29 is 22.3 Å². The summed E-state index contributed by atoms with van der Waals surface area (Å²) in [6, 6.07) is 11.2. The molecule has 0 radical (unpaired) electrons. The molecule has 3 rings (SSSR count). The molecule has 162 valence electrons. The third-order valence-corrected chi connectivity index (χ3v) is 7.27. The number of benzene rings is 2. The van der Waals surface area contributed by atoms with Gasteiger partial charge in [-0.1, -0.05) is 31.9 Å². The van der Waals surface area contributed by atoms with E-state index in [0.29, 0.717) is 11.7 Å². The van der Waals surface area contributed by atoms with E-state index in [4.69, 9.17) is 4.74 Å². The van der Waals surface area contributed by atoms with Gasteiger partial charge in [0, 0.05) is 6.04 Å². The van der Waals surface area contributed by atoms with Gasteiger partial charge in [0.2, 0.25) is 5.91 Å². The molecule has 1 fully saturated rings. The minimum absolute atomic E-state index is 0.0271. The van der Waals surface area contributed by atoms with Crippen LogP contribution in [-0.2, 0) is 14.8 Å². The maximum Gasteiger partial charge on any atom is 0.264 e. The number of amides is 1. The summed E-state index contributed by atoms with van der Waals surface area (Å²) in [6.45, 7) is 1.70. The molecule has 2 atom stereocenters. The highest BCUT2D eigenvalue weighted by Crippen LogP contribution is 2.32. The van der Waals surface area contributed by atoms with Crippen molar-refractivity contribution in [1.29, 1.82) is 0 Å². The average molecular weight is 435 g/mol. The molecule has 1 saturated carbocycles. The molecule has 6 nitrogen and oxygen atoms in total. The van der Waals surface area contributed by atoms with Crippen LogP contribution in [0.15, 0.2) is 53.4 Å². The zero-order chi connectivity index (χ0) is 21.7. The lowest BCUT2D eigenvalue weighted by Gasteiger charge is -2.31. The van der Waals surface area contributed by atoms with Crippen LogP contribution in [0.1, 0.15) is 32.6 Å². The predicted molar refractivity (Wildman–Crippen MR) is 113 cm³/mol. The minimum Gasteiger partial charge on any atom is -0.495 e. The number of nitrogens with zero attached hydrogens (tertiary/aromatic N) is 1. The van der Waals surface area contributed by atoms with Crippen LogP contribution in [0.2, 0.25) is 0 Å². The van der Waals surface area contributed by atoms with Gasteiger partial charge in [0.05, 0.1) is 17.7 Å². The molecule has 30 heavy (non-hydrogen) atoms. The van der Waals surface area contributed by atoms with E-state index in [-0.39, 0.29) is 22.5 Å². The first kappa shape index (κ1) is 22.1. The highest BCUT2D eigenvalue weighted by atomic mass is 32.2. The fourth-order valence-corrected chi connectivity index (χ4v) is 5.21. The third kappa shape index (κ3) is 4.92. The number of anilines is 1. The lowest BCUT2D eigenvalue weighted by molar-refractivity contribution is -0.120. The number of carbonyl (C=O) groups is 1. The molecule has 0 saturated heterocycles. The van der Waals surface area contributed by atoms with Crippen molar-refractivity contribution in [2.75, 3.05) is 18.0 Å². The topological polar surface area (TPSA) is 75.7 Å². The molecule has 1 N–H and O–H groups in total. The largest absolute Gasteiger partial charge is 0.495 e. The second-order valence-electron chi connectivity index (χ2n) is 7.57. The fraction of sp³-hybridized carbons (Fsp3) is 0.409. The molecule has 2 unspecified atom stereocenters. The van der Waals surface area contributed by atoms with Crippen LogP contribution < -0.4 is 14.4 Å². The number of halogens is 1. The number of hydrogen-bond acceptors (Lipinski definition) is 4. The average Bonchev–Trinajstić information content (AvgIpc) is 2.74. The number of rotatable bonds is 7. The zero-order valence-corrected chi connectivity index (χ0v) is 18.0. The normalized spacial score (nSPS) is 19.2. The van der Waals surface area contributed by atoms with E-state index < -0.39 is 22.4 Å². The number of sulfonamides is 1. The Kier molecular flexibility index (Phi) is 6.97. The van der Waals surface area contributed by atoms with E-state index in [1.165, 1.54) is 19.2 Å². The number of hydrogen-bond donors (Lipinski definition) is 1. The Hall–Kier alpha value is -2.61. The molecule has 0 spiro atoms. The van der Waals surface area contributed by atoms with E-state index in [1.54, 1.807) is 24.3 Å². The Bertz CT molecular complexity index is 979. The summed E-state index contributed by atoms with van der Waals surface area (Å²) in [5.74, 6) is -0.259. The maximum absolute atomic E-state index is 13.4. The van der Waals surface area contributed by atoms with Crippen LogP contribution in [0.25, 0.3) is 0 Å². The highest BCUT2D eigenvalue weighted by molar-refractivity contribution is 7.92. The Morgan fingerprint density at radius 2 is 1.80 bits per heavy atom. The van der Waals surface area contributed by atoms with Crippen molar-refractivity contribution in [2.24, 2.45) is 5.92 Å². The highest BCUT2D eigenvalue weighted by Gasteiger charge is 2.31. The first-order valence-electron chi connectivity index (χ1n) is 10.0. The van der Waals surface area contributed by atoms with Gasteiger partial charge >= 0.3 is 0 Å². The fourth-order valence-electron chi connectivity index (χ4n) is 3.78. The van der Waals surface area contributed by atoms with Crippen molar-refractivity contribution in [3.05, 3.63) is 54.3 Å². The van der Waals surface area contributed by atoms with Gasteiger partial charge in [0.25, 0.3) is 10.0 Å². The maximum atomic E-state index is 13.4. The Balaban J connectivity index is 1.93. The summed E-state index contributed by atoms with van der Waals surface area (Å²) in [6.07, 6.45) is 4.10. The molecular weight excluding hydrogens is 407 g/mol. The van der Waals surface area contributed by atoms with E-state index in [2.05, 4.69) is 12.2 Å². The molecule has 0 bridgehead atoms. The molecule has 8 heteroatoms. The van der Waals surface area contributed by atoms with Gasteiger partial charge in [-0.3, -0.25) is 9.10 Å². The molecule has 0 aliphatic heterocycles. The van der Waals surface area contributed by atoms with E-state index in [1.807, 2.05) is 0 Å². The van der Waals surface area contributed by atoms with Crippen molar-refractivity contribution in [2.45, 2.75) is 43.5 Å². The van der Waals surface area contributed by atoms with E-state index >= 15 is 0 Å². The Morgan fingerprint density at radius 3 is 2.47 bits per heavy atom. The van der Waals surface area contributed by atoms with Gasteiger partial charge in [0.1, 0.15) is 18.1 Å². The first-order valence-corrected chi connectivity index (χ1v) is 11.5. The summed E-state index contributed by atoms with van der Waals surface area (Å²) in [4.78, 5) is 12.8. The minimum atomic E-state index is -4.13. The second-order valence-corrected chi connectivity index (χ2v) is 9.44. The van der Waals surface area contributed by atoms with E-state index in [0.717, 1.165) is 42.1 Å². The van der Waals surface area contributed by atoms with Gasteiger partial charge in [0.15, 0.2) is 0 Å². The quantitative estimate of drug-likeness (QED) is 0.721. The van der Waals surface area contributed by atoms with Crippen LogP contribution in [0.3, 0.4) is 0 Å². The monoisotopic (exact) mass is 434 g/mol. The summed E-state index contributed by atoms with van der Waals surface area (Å²) in [5, 5.41) is 2.99. The Labute approximate surface area is 177 Å². The van der Waals surface area contributed by atoms with Crippen molar-refractivity contribution in [3.63, 3.8) is 0 Å². The summed E-state index contributed by atoms with van der Waals surface area (Å²) in [7, 11) is -2.69. The van der Waals surface area contributed by atoms with Crippen LogP contribution in [0.4, 0.5) is 10.1 Å². The SMILES string of the molecule is COc1ccccc1N(CC(=O)NC1CCCCC1C)S(=O)(=O)c1ccc(F)cc1. The summed E-state index contributed by atoms with van der Waals surface area (Å²) >= 11 is 0. The van der Waals surface area contributed by atoms with Crippen molar-refractivity contribution in [3.8, 4) is 5.75 Å². The van der Waals surface area contributed by atoms with Crippen LogP contribution in [0, 0.1) is 11.7 Å². The number of carbonyl (C=O) groups excluding carboxylic acids is 1. The number of para-hydroxylation sites is 2. The van der Waals surface area contributed by atoms with Gasteiger partial charge in [-0.2, -0.15) is 0 Å². The second kappa shape index (κ2) is 9.47. The smallest absolute Gasteiger partial charge is 0.264 e. The van der Waals surface area contributed by atoms with Gasteiger partial charge < -0.3 is 10.1 Å². The number of ether oxygens (including phenoxy) is 1. The molecule has 1 aliphatic rings. The molecule has 2 aromatic rings. The van der Waals surface area contributed by atoms with E-state index in [9.17, 15) is 17.6 Å². The van der Waals surface area contributed by atoms with Crippen molar-refractivity contribution >= 4 is 21.6 Å². The number of methoxy groups -OCH3 is 1. The van der Waals surface area contributed by atoms with Crippen molar-refractivity contribution in [1.82, 2.24) is 5.32 Å². The third-order valence-electron chi connectivity index (χ3n) is 5.50. The summed E-state index contributed by atoms with van der Waals surface area (Å²) < 4.78 is 46.4. The summed E-state index contributed by atoms with van der Waals surface area (Å²) in [5.41, 5.74) is 0.246. The first-order chi connectivity index (χ1) is 14.3. The van der Waals surface area contributed by atoms with Crippen LogP contribution in [-0.4, -0.2) is 34.0 Å². The lowest BCUT2D eigenvalue weighted by atomic mass is 9.86. The van der Waals surface area contributed by atoms with Gasteiger partial charge in [-0.05, 0) is 55.2 Å². The molecule has 0 aromatic heterocycles. The Morgan fingerprint density at radius 1 is 1.13 bits per heavy atom. The molecule has 0 heterocycles. The lowest BCUT2D eigenvalue weighted by Crippen LogP contribution is -2.47. The molecular formula is C22H27FN2O4S. The molecule has 1 amide bonds. The molecule has 1 aliphatic carbocycles. The number of nitrogens with one attached hydrogen (secondary N) is 1. The van der Waals surface area contributed by atoms with Crippen LogP contribution in [0.5, 0.6) is 5.75 Å². The zero-order valence-electron chi connectivity index (χ0n) is 17.2. The predicted octanol–water partition coefficient (Wildman–Crippen LogP) is 3.72. The van der Waals surface area contributed by atoms with Crippen LogP contribution >= 0.6 is 0 Å². The standard InChI is InChI=1S/C22H27FN2O4S/c1-16-7-3-4-8-19(16)24-22(26)15-25(20-9-5-6-10-21(20)29-2)30(27,28)18-13-11-17(23)12-14-18/h5-6,9-14,16,19H,3-4,7-8,15H2,1-2H3,(H,24,26). The molecule has 2 aromatic carbocycles. The van der Waals surface area contributed by atoms with Gasteiger partial charge in [-0.25, -0.2) is 12.8 Å². The van der Waals surface area contributed by atoms with Gasteiger partial charge in [-0.15, -0.1) is 0 Å².